The second kappa shape index (κ2) is 4.58. The van der Waals surface area contributed by atoms with E-state index in [-0.39, 0.29) is 10.5 Å². The van der Waals surface area contributed by atoms with Crippen molar-refractivity contribution < 1.29 is 22.7 Å². The molecule has 0 aliphatic rings. The van der Waals surface area contributed by atoms with Crippen molar-refractivity contribution in [1.29, 1.82) is 0 Å². The molecule has 0 spiro atoms. The number of nitrogens with one attached hydrogen (secondary N) is 1. The number of benzene rings is 1. The van der Waals surface area contributed by atoms with Crippen LogP contribution in [0.4, 0.5) is 4.39 Å². The topological polar surface area (TPSA) is 86.3 Å². The molecule has 0 radical (unpaired) electrons. The first-order valence-electron chi connectivity index (χ1n) is 4.28. The summed E-state index contributed by atoms with van der Waals surface area (Å²) in [7, 11) is -3.93. The molecule has 0 bridgehead atoms. The van der Waals surface area contributed by atoms with Crippen LogP contribution in [0.25, 0.3) is 0 Å². The molecule has 0 atom stereocenters. The van der Waals surface area contributed by atoms with Crippen molar-refractivity contribution in [1.82, 2.24) is 4.72 Å². The third kappa shape index (κ3) is 3.01. The second-order valence-electron chi connectivity index (χ2n) is 3.11. The maximum Gasteiger partial charge on any atom is 0.240 e. The predicted molar refractivity (Wildman–Crippen MR) is 51.3 cm³/mol. The number of carbonyl (C=O) groups excluding carboxylic acids is 1. The quantitative estimate of drug-likeness (QED) is 0.750. The molecule has 0 saturated heterocycles. The molecular formula is C9H9FNO4S-. The number of aliphatic carboxylic acids is 1. The molecule has 0 saturated carbocycles. The lowest BCUT2D eigenvalue weighted by Gasteiger charge is -2.07. The fourth-order valence-electron chi connectivity index (χ4n) is 1.02. The van der Waals surface area contributed by atoms with E-state index in [4.69, 9.17) is 0 Å². The Morgan fingerprint density at radius 2 is 2.12 bits per heavy atom. The Morgan fingerprint density at radius 3 is 2.62 bits per heavy atom. The molecule has 16 heavy (non-hydrogen) atoms. The SMILES string of the molecule is Cc1cc(S(=O)(=O)NCC(=O)[O-])ccc1F. The van der Waals surface area contributed by atoms with Crippen LogP contribution in [0.2, 0.25) is 0 Å². The van der Waals surface area contributed by atoms with Crippen LogP contribution >= 0.6 is 0 Å². The van der Waals surface area contributed by atoms with E-state index in [1.165, 1.54) is 6.92 Å². The first-order valence-corrected chi connectivity index (χ1v) is 5.77. The summed E-state index contributed by atoms with van der Waals surface area (Å²) in [5, 5.41) is 10.1. The monoisotopic (exact) mass is 246 g/mol. The average Bonchev–Trinajstić information content (AvgIpc) is 2.19. The van der Waals surface area contributed by atoms with Crippen LogP contribution in [0.3, 0.4) is 0 Å². The van der Waals surface area contributed by atoms with Crippen LogP contribution in [0, 0.1) is 12.7 Å². The van der Waals surface area contributed by atoms with Gasteiger partial charge in [0.25, 0.3) is 0 Å². The highest BCUT2D eigenvalue weighted by Gasteiger charge is 2.14. The lowest BCUT2D eigenvalue weighted by molar-refractivity contribution is -0.303. The Labute approximate surface area is 92.0 Å². The molecule has 0 aromatic heterocycles. The van der Waals surface area contributed by atoms with Gasteiger partial charge in [0.05, 0.1) is 17.4 Å². The van der Waals surface area contributed by atoms with Crippen molar-refractivity contribution in [3.8, 4) is 0 Å². The van der Waals surface area contributed by atoms with Gasteiger partial charge in [0.2, 0.25) is 10.0 Å². The Hall–Kier alpha value is -1.47. The largest absolute Gasteiger partial charge is 0.549 e. The molecule has 0 unspecified atom stereocenters. The van der Waals surface area contributed by atoms with Gasteiger partial charge in [0.1, 0.15) is 5.82 Å². The molecule has 7 heteroatoms. The van der Waals surface area contributed by atoms with E-state index in [0.29, 0.717) is 0 Å². The summed E-state index contributed by atoms with van der Waals surface area (Å²) >= 11 is 0. The van der Waals surface area contributed by atoms with Crippen LogP contribution < -0.4 is 9.83 Å². The molecule has 0 heterocycles. The third-order valence-corrected chi connectivity index (χ3v) is 3.25. The van der Waals surface area contributed by atoms with E-state index in [0.717, 1.165) is 18.2 Å². The lowest BCUT2D eigenvalue weighted by atomic mass is 10.2. The van der Waals surface area contributed by atoms with E-state index < -0.39 is 28.4 Å². The van der Waals surface area contributed by atoms with E-state index >= 15 is 0 Å². The van der Waals surface area contributed by atoms with Crippen molar-refractivity contribution in [2.75, 3.05) is 6.54 Å². The summed E-state index contributed by atoms with van der Waals surface area (Å²) in [5.74, 6) is -2.07. The first-order chi connectivity index (χ1) is 7.33. The molecule has 1 N–H and O–H groups in total. The molecule has 1 aromatic rings. The standard InChI is InChI=1S/C9H10FNO4S/c1-6-4-7(2-3-8(6)10)16(14,15)11-5-9(12)13/h2-4,11H,5H2,1H3,(H,12,13)/p-1. The molecule has 0 amide bonds. The van der Waals surface area contributed by atoms with Gasteiger partial charge >= 0.3 is 0 Å². The average molecular weight is 246 g/mol. The lowest BCUT2D eigenvalue weighted by Crippen LogP contribution is -2.37. The minimum Gasteiger partial charge on any atom is -0.549 e. The fraction of sp³-hybridized carbons (Fsp3) is 0.222. The summed E-state index contributed by atoms with van der Waals surface area (Å²) in [5.41, 5.74) is 0.163. The van der Waals surface area contributed by atoms with Gasteiger partial charge in [-0.1, -0.05) is 0 Å². The minimum atomic E-state index is -3.93. The molecule has 0 fully saturated rings. The summed E-state index contributed by atoms with van der Waals surface area (Å²) < 4.78 is 37.6. The minimum absolute atomic E-state index is 0.163. The number of carboxylic acid groups (broad SMARTS) is 1. The maximum absolute atomic E-state index is 12.9. The number of halogens is 1. The molecule has 1 aromatic carbocycles. The maximum atomic E-state index is 12.9. The molecular weight excluding hydrogens is 237 g/mol. The van der Waals surface area contributed by atoms with E-state index in [1.807, 2.05) is 4.72 Å². The first kappa shape index (κ1) is 12.6. The number of carbonyl (C=O) groups is 1. The van der Waals surface area contributed by atoms with Gasteiger partial charge in [0.15, 0.2) is 0 Å². The van der Waals surface area contributed by atoms with Gasteiger partial charge < -0.3 is 9.90 Å². The Balaban J connectivity index is 2.99. The normalized spacial score (nSPS) is 11.4. The Bertz CT molecular complexity index is 512. The van der Waals surface area contributed by atoms with Crippen molar-refractivity contribution >= 4 is 16.0 Å². The fourth-order valence-corrected chi connectivity index (χ4v) is 2.08. The Morgan fingerprint density at radius 1 is 1.50 bits per heavy atom. The van der Waals surface area contributed by atoms with Crippen molar-refractivity contribution in [3.05, 3.63) is 29.6 Å². The summed E-state index contributed by atoms with van der Waals surface area (Å²) in [6.45, 7) is 0.589. The van der Waals surface area contributed by atoms with Gasteiger partial charge in [-0.25, -0.2) is 17.5 Å². The van der Waals surface area contributed by atoms with Gasteiger partial charge in [0, 0.05) is 0 Å². The van der Waals surface area contributed by atoms with Crippen LogP contribution in [0.5, 0.6) is 0 Å². The van der Waals surface area contributed by atoms with Crippen LogP contribution in [-0.2, 0) is 14.8 Å². The van der Waals surface area contributed by atoms with Crippen LogP contribution in [0.15, 0.2) is 23.1 Å². The van der Waals surface area contributed by atoms with E-state index in [9.17, 15) is 22.7 Å². The van der Waals surface area contributed by atoms with Crippen LogP contribution in [0.1, 0.15) is 5.56 Å². The molecule has 88 valence electrons. The van der Waals surface area contributed by atoms with E-state index in [1.54, 1.807) is 0 Å². The summed E-state index contributed by atoms with van der Waals surface area (Å²) in [6.07, 6.45) is 0. The Kier molecular flexibility index (Phi) is 3.61. The zero-order chi connectivity index (χ0) is 12.3. The zero-order valence-electron chi connectivity index (χ0n) is 8.36. The number of carboxylic acids is 1. The third-order valence-electron chi connectivity index (χ3n) is 1.85. The second-order valence-corrected chi connectivity index (χ2v) is 4.87. The molecule has 5 nitrogen and oxygen atoms in total. The van der Waals surface area contributed by atoms with Crippen molar-refractivity contribution in [3.63, 3.8) is 0 Å². The predicted octanol–water partition coefficient (Wildman–Crippen LogP) is -0.838. The highest BCUT2D eigenvalue weighted by molar-refractivity contribution is 7.89. The highest BCUT2D eigenvalue weighted by Crippen LogP contribution is 2.13. The van der Waals surface area contributed by atoms with Crippen LogP contribution in [-0.4, -0.2) is 20.9 Å². The smallest absolute Gasteiger partial charge is 0.240 e. The van der Waals surface area contributed by atoms with Crippen molar-refractivity contribution in [2.24, 2.45) is 0 Å². The van der Waals surface area contributed by atoms with Gasteiger partial charge in [-0.3, -0.25) is 0 Å². The molecule has 0 aliphatic carbocycles. The highest BCUT2D eigenvalue weighted by atomic mass is 32.2. The zero-order valence-corrected chi connectivity index (χ0v) is 9.17. The summed E-state index contributed by atoms with van der Waals surface area (Å²) in [4.78, 5) is 9.91. The number of rotatable bonds is 4. The van der Waals surface area contributed by atoms with Gasteiger partial charge in [-0.2, -0.15) is 0 Å². The number of hydrogen-bond donors (Lipinski definition) is 1. The number of hydrogen-bond acceptors (Lipinski definition) is 4. The summed E-state index contributed by atoms with van der Waals surface area (Å²) in [6, 6.07) is 3.18. The number of sulfonamides is 1. The molecule has 1 rings (SSSR count). The van der Waals surface area contributed by atoms with Crippen molar-refractivity contribution in [2.45, 2.75) is 11.8 Å². The molecule has 0 aliphatic heterocycles. The van der Waals surface area contributed by atoms with Gasteiger partial charge in [-0.15, -0.1) is 0 Å². The van der Waals surface area contributed by atoms with E-state index in [2.05, 4.69) is 0 Å². The number of aryl methyl sites for hydroxylation is 1. The van der Waals surface area contributed by atoms with Gasteiger partial charge in [-0.05, 0) is 30.7 Å².